The molecule has 3 heteroatoms. The fourth-order valence-electron chi connectivity index (χ4n) is 2.54. The van der Waals surface area contributed by atoms with E-state index in [1.165, 1.54) is 32.2 Å². The van der Waals surface area contributed by atoms with Crippen LogP contribution in [-0.4, -0.2) is 40.0 Å². The van der Waals surface area contributed by atoms with E-state index in [1.54, 1.807) is 7.11 Å². The third kappa shape index (κ3) is 6.72. The molecule has 1 rings (SSSR count). The topological polar surface area (TPSA) is 30.5 Å². The number of methoxy groups -OCH3 is 1. The van der Waals surface area contributed by atoms with Gasteiger partial charge in [-0.1, -0.05) is 13.8 Å². The molecule has 108 valence electrons. The van der Waals surface area contributed by atoms with Gasteiger partial charge in [-0.15, -0.1) is 0 Å². The highest BCUT2D eigenvalue weighted by atomic mass is 16.5. The van der Waals surface area contributed by atoms with Crippen LogP contribution in [0.4, 0.5) is 0 Å². The molecule has 1 aliphatic carbocycles. The molecule has 2 atom stereocenters. The van der Waals surface area contributed by atoms with Crippen LogP contribution in [0.15, 0.2) is 0 Å². The molecule has 0 aliphatic heterocycles. The first-order valence-electron chi connectivity index (χ1n) is 7.51. The van der Waals surface area contributed by atoms with Crippen molar-refractivity contribution in [3.05, 3.63) is 0 Å². The second-order valence-corrected chi connectivity index (χ2v) is 5.90. The Hall–Kier alpha value is -0.120. The number of rotatable bonds is 11. The van der Waals surface area contributed by atoms with E-state index < -0.39 is 0 Å². The molecule has 0 saturated heterocycles. The summed E-state index contributed by atoms with van der Waals surface area (Å²) in [4.78, 5) is 0. The third-order valence-electron chi connectivity index (χ3n) is 3.83. The summed E-state index contributed by atoms with van der Waals surface area (Å²) in [6.07, 6.45) is 5.38. The molecule has 0 aromatic rings. The van der Waals surface area contributed by atoms with Gasteiger partial charge in [0.1, 0.15) is 0 Å². The summed E-state index contributed by atoms with van der Waals surface area (Å²) >= 11 is 0. The van der Waals surface area contributed by atoms with Gasteiger partial charge in [0.15, 0.2) is 0 Å². The predicted molar refractivity (Wildman–Crippen MR) is 75.9 cm³/mol. The van der Waals surface area contributed by atoms with Crippen molar-refractivity contribution in [1.29, 1.82) is 0 Å². The normalized spacial score (nSPS) is 23.3. The van der Waals surface area contributed by atoms with Crippen LogP contribution in [0.5, 0.6) is 0 Å². The van der Waals surface area contributed by atoms with Crippen LogP contribution in [-0.2, 0) is 9.47 Å². The lowest BCUT2D eigenvalue weighted by molar-refractivity contribution is 0.0610. The van der Waals surface area contributed by atoms with Crippen LogP contribution in [0.1, 0.15) is 39.5 Å². The minimum atomic E-state index is 0.713. The monoisotopic (exact) mass is 257 g/mol. The molecule has 18 heavy (non-hydrogen) atoms. The lowest BCUT2D eigenvalue weighted by atomic mass is 9.71. The van der Waals surface area contributed by atoms with Gasteiger partial charge in [-0.25, -0.2) is 0 Å². The molecule has 0 radical (unpaired) electrons. The van der Waals surface area contributed by atoms with Gasteiger partial charge < -0.3 is 14.8 Å². The van der Waals surface area contributed by atoms with Crippen LogP contribution < -0.4 is 5.32 Å². The van der Waals surface area contributed by atoms with Crippen LogP contribution in [0.2, 0.25) is 0 Å². The van der Waals surface area contributed by atoms with Gasteiger partial charge in [-0.2, -0.15) is 0 Å². The lowest BCUT2D eigenvalue weighted by Crippen LogP contribution is -2.36. The van der Waals surface area contributed by atoms with E-state index in [0.717, 1.165) is 37.5 Å². The standard InChI is InChI=1S/C15H31NO2/c1-13(2)11-16-12-15-7-6-14(15)5-4-8-18-10-9-17-3/h13-16H,4-12H2,1-3H3. The van der Waals surface area contributed by atoms with Gasteiger partial charge in [0.05, 0.1) is 13.2 Å². The van der Waals surface area contributed by atoms with E-state index >= 15 is 0 Å². The van der Waals surface area contributed by atoms with E-state index in [4.69, 9.17) is 9.47 Å². The van der Waals surface area contributed by atoms with Crippen molar-refractivity contribution in [3.63, 3.8) is 0 Å². The van der Waals surface area contributed by atoms with E-state index in [-0.39, 0.29) is 0 Å². The number of nitrogens with one attached hydrogen (secondary N) is 1. The zero-order valence-electron chi connectivity index (χ0n) is 12.4. The summed E-state index contributed by atoms with van der Waals surface area (Å²) in [6, 6.07) is 0. The molecule has 0 amide bonds. The Morgan fingerprint density at radius 2 is 1.89 bits per heavy atom. The summed E-state index contributed by atoms with van der Waals surface area (Å²) < 4.78 is 10.4. The van der Waals surface area contributed by atoms with Gasteiger partial charge >= 0.3 is 0 Å². The number of hydrogen-bond donors (Lipinski definition) is 1. The third-order valence-corrected chi connectivity index (χ3v) is 3.83. The van der Waals surface area contributed by atoms with Gasteiger partial charge in [-0.3, -0.25) is 0 Å². The fraction of sp³-hybridized carbons (Fsp3) is 1.00. The minimum Gasteiger partial charge on any atom is -0.382 e. The Morgan fingerprint density at radius 1 is 1.11 bits per heavy atom. The van der Waals surface area contributed by atoms with Gasteiger partial charge in [0.25, 0.3) is 0 Å². The minimum absolute atomic E-state index is 0.713. The Balaban J connectivity index is 1.92. The molecule has 0 spiro atoms. The molecule has 0 aromatic carbocycles. The zero-order valence-corrected chi connectivity index (χ0v) is 12.4. The van der Waals surface area contributed by atoms with E-state index in [1.807, 2.05) is 0 Å². The van der Waals surface area contributed by atoms with E-state index in [0.29, 0.717) is 6.61 Å². The highest BCUT2D eigenvalue weighted by Crippen LogP contribution is 2.37. The van der Waals surface area contributed by atoms with Gasteiger partial charge in [-0.05, 0) is 56.5 Å². The smallest absolute Gasteiger partial charge is 0.0700 e. The number of ether oxygens (including phenoxy) is 2. The molecular formula is C15H31NO2. The molecule has 1 aliphatic rings. The lowest BCUT2D eigenvalue weighted by Gasteiger charge is -2.37. The van der Waals surface area contributed by atoms with Crippen molar-refractivity contribution in [3.8, 4) is 0 Å². The largest absolute Gasteiger partial charge is 0.382 e. The zero-order chi connectivity index (χ0) is 13.2. The molecule has 0 aromatic heterocycles. The predicted octanol–water partition coefficient (Wildman–Crippen LogP) is 2.70. The molecule has 0 bridgehead atoms. The molecule has 1 saturated carbocycles. The van der Waals surface area contributed by atoms with Crippen molar-refractivity contribution < 1.29 is 9.47 Å². The quantitative estimate of drug-likeness (QED) is 0.577. The van der Waals surface area contributed by atoms with Crippen molar-refractivity contribution >= 4 is 0 Å². The summed E-state index contributed by atoms with van der Waals surface area (Å²) in [5.74, 6) is 2.62. The Bertz CT molecular complexity index is 197. The molecule has 3 nitrogen and oxygen atoms in total. The molecule has 1 fully saturated rings. The SMILES string of the molecule is COCCOCCCC1CCC1CNCC(C)C. The average Bonchev–Trinajstić information content (AvgIpc) is 2.31. The molecule has 0 heterocycles. The number of hydrogen-bond acceptors (Lipinski definition) is 3. The first kappa shape index (κ1) is 15.9. The van der Waals surface area contributed by atoms with Crippen LogP contribution in [0.3, 0.4) is 0 Å². The first-order valence-corrected chi connectivity index (χ1v) is 7.51. The highest BCUT2D eigenvalue weighted by Gasteiger charge is 2.29. The fourth-order valence-corrected chi connectivity index (χ4v) is 2.54. The van der Waals surface area contributed by atoms with Gasteiger partial charge in [0.2, 0.25) is 0 Å². The van der Waals surface area contributed by atoms with Crippen molar-refractivity contribution in [1.82, 2.24) is 5.32 Å². The van der Waals surface area contributed by atoms with Crippen LogP contribution in [0.25, 0.3) is 0 Å². The van der Waals surface area contributed by atoms with Crippen molar-refractivity contribution in [2.75, 3.05) is 40.0 Å². The second kappa shape index (κ2) is 9.76. The molecule has 1 N–H and O–H groups in total. The Kier molecular flexibility index (Phi) is 8.64. The summed E-state index contributed by atoms with van der Waals surface area (Å²) in [5.41, 5.74) is 0. The van der Waals surface area contributed by atoms with Crippen LogP contribution in [0, 0.1) is 17.8 Å². The van der Waals surface area contributed by atoms with Crippen LogP contribution >= 0.6 is 0 Å². The summed E-state index contributed by atoms with van der Waals surface area (Å²) in [6.45, 7) is 9.25. The second-order valence-electron chi connectivity index (χ2n) is 5.90. The van der Waals surface area contributed by atoms with E-state index in [9.17, 15) is 0 Å². The summed E-state index contributed by atoms with van der Waals surface area (Å²) in [5, 5.41) is 3.59. The van der Waals surface area contributed by atoms with Crippen molar-refractivity contribution in [2.24, 2.45) is 17.8 Å². The van der Waals surface area contributed by atoms with Gasteiger partial charge in [0, 0.05) is 13.7 Å². The Morgan fingerprint density at radius 3 is 2.50 bits per heavy atom. The molecule has 2 unspecified atom stereocenters. The van der Waals surface area contributed by atoms with Crippen molar-refractivity contribution in [2.45, 2.75) is 39.5 Å². The maximum Gasteiger partial charge on any atom is 0.0700 e. The first-order chi connectivity index (χ1) is 8.74. The summed E-state index contributed by atoms with van der Waals surface area (Å²) in [7, 11) is 1.71. The average molecular weight is 257 g/mol. The maximum atomic E-state index is 5.50. The highest BCUT2D eigenvalue weighted by molar-refractivity contribution is 4.82. The molecular weight excluding hydrogens is 226 g/mol. The Labute approximate surface area is 113 Å². The maximum absolute atomic E-state index is 5.50. The van der Waals surface area contributed by atoms with E-state index in [2.05, 4.69) is 19.2 Å².